The van der Waals surface area contributed by atoms with Crippen molar-refractivity contribution < 1.29 is 19.3 Å². The number of benzene rings is 1. The van der Waals surface area contributed by atoms with E-state index < -0.39 is 6.10 Å². The van der Waals surface area contributed by atoms with E-state index in [1.54, 1.807) is 26.0 Å². The summed E-state index contributed by atoms with van der Waals surface area (Å²) in [5.74, 6) is 1.45. The summed E-state index contributed by atoms with van der Waals surface area (Å²) in [5.41, 5.74) is 0. The average Bonchev–Trinajstić information content (AvgIpc) is 2.42. The van der Waals surface area contributed by atoms with Crippen LogP contribution in [0.1, 0.15) is 0 Å². The third kappa shape index (κ3) is 6.26. The summed E-state index contributed by atoms with van der Waals surface area (Å²) >= 11 is 1.59. The summed E-state index contributed by atoms with van der Waals surface area (Å²) in [6, 6.07) is 7.76. The average molecular weight is 272 g/mol. The Labute approximate surface area is 112 Å². The Balaban J connectivity index is 2.18. The number of rotatable bonds is 9. The lowest BCUT2D eigenvalue weighted by atomic mass is 10.3. The second-order valence-electron chi connectivity index (χ2n) is 3.71. The molecule has 18 heavy (non-hydrogen) atoms. The van der Waals surface area contributed by atoms with Gasteiger partial charge in [0.15, 0.2) is 0 Å². The third-order valence-electron chi connectivity index (χ3n) is 2.24. The van der Waals surface area contributed by atoms with Crippen LogP contribution in [0.3, 0.4) is 0 Å². The van der Waals surface area contributed by atoms with E-state index in [1.807, 2.05) is 24.3 Å². The quantitative estimate of drug-likeness (QED) is 0.549. The van der Waals surface area contributed by atoms with Gasteiger partial charge in [-0.3, -0.25) is 0 Å². The van der Waals surface area contributed by atoms with Crippen LogP contribution in [-0.4, -0.2) is 51.0 Å². The normalized spacial score (nSPS) is 12.4. The Morgan fingerprint density at radius 2 is 1.89 bits per heavy atom. The van der Waals surface area contributed by atoms with Crippen molar-refractivity contribution in [1.82, 2.24) is 0 Å². The molecule has 0 spiro atoms. The molecule has 0 amide bonds. The van der Waals surface area contributed by atoms with E-state index in [4.69, 9.17) is 14.2 Å². The maximum absolute atomic E-state index is 9.70. The predicted molar refractivity (Wildman–Crippen MR) is 72.4 cm³/mol. The molecule has 0 radical (unpaired) electrons. The fraction of sp³-hybridized carbons (Fsp3) is 0.538. The van der Waals surface area contributed by atoms with E-state index in [0.717, 1.165) is 10.6 Å². The number of thioether (sulfide) groups is 1. The minimum atomic E-state index is -0.464. The highest BCUT2D eigenvalue weighted by atomic mass is 32.2. The Morgan fingerprint density at radius 1 is 1.17 bits per heavy atom. The first-order valence-electron chi connectivity index (χ1n) is 5.78. The second kappa shape index (κ2) is 9.22. The zero-order valence-electron chi connectivity index (χ0n) is 10.8. The largest absolute Gasteiger partial charge is 0.497 e. The van der Waals surface area contributed by atoms with Gasteiger partial charge < -0.3 is 19.3 Å². The fourth-order valence-corrected chi connectivity index (χ4v) is 2.08. The van der Waals surface area contributed by atoms with E-state index in [9.17, 15) is 5.11 Å². The lowest BCUT2D eigenvalue weighted by Crippen LogP contribution is -2.19. The number of aliphatic hydroxyl groups excluding tert-OH is 1. The minimum Gasteiger partial charge on any atom is -0.497 e. The smallest absolute Gasteiger partial charge is 0.118 e. The molecule has 0 fully saturated rings. The third-order valence-corrected chi connectivity index (χ3v) is 3.40. The van der Waals surface area contributed by atoms with Crippen molar-refractivity contribution in [2.45, 2.75) is 11.0 Å². The number of ether oxygens (including phenoxy) is 3. The van der Waals surface area contributed by atoms with E-state index in [0.29, 0.717) is 25.6 Å². The highest BCUT2D eigenvalue weighted by Crippen LogP contribution is 2.21. The van der Waals surface area contributed by atoms with Crippen molar-refractivity contribution in [3.63, 3.8) is 0 Å². The molecule has 4 nitrogen and oxygen atoms in total. The van der Waals surface area contributed by atoms with Crippen LogP contribution in [0, 0.1) is 0 Å². The predicted octanol–water partition coefficient (Wildman–Crippen LogP) is 1.81. The molecule has 1 aromatic rings. The first-order valence-corrected chi connectivity index (χ1v) is 6.76. The van der Waals surface area contributed by atoms with Crippen LogP contribution in [0.2, 0.25) is 0 Å². The van der Waals surface area contributed by atoms with E-state index in [2.05, 4.69) is 0 Å². The van der Waals surface area contributed by atoms with Gasteiger partial charge in [0, 0.05) is 17.8 Å². The monoisotopic (exact) mass is 272 g/mol. The first-order chi connectivity index (χ1) is 8.76. The van der Waals surface area contributed by atoms with Crippen LogP contribution in [0.4, 0.5) is 0 Å². The van der Waals surface area contributed by atoms with Gasteiger partial charge >= 0.3 is 0 Å². The SMILES string of the molecule is COCCOCC(O)CSc1ccc(OC)cc1. The molecule has 0 aliphatic carbocycles. The fourth-order valence-electron chi connectivity index (χ4n) is 1.27. The van der Waals surface area contributed by atoms with Crippen molar-refractivity contribution in [1.29, 1.82) is 0 Å². The Bertz CT molecular complexity index is 315. The van der Waals surface area contributed by atoms with Crippen LogP contribution in [-0.2, 0) is 9.47 Å². The number of hydrogen-bond acceptors (Lipinski definition) is 5. The van der Waals surface area contributed by atoms with Crippen molar-refractivity contribution in [3.8, 4) is 5.75 Å². The van der Waals surface area contributed by atoms with Crippen LogP contribution < -0.4 is 4.74 Å². The molecular weight excluding hydrogens is 252 g/mol. The molecular formula is C13H20O4S. The molecule has 0 aliphatic rings. The van der Waals surface area contributed by atoms with Crippen molar-refractivity contribution in [3.05, 3.63) is 24.3 Å². The topological polar surface area (TPSA) is 47.9 Å². The van der Waals surface area contributed by atoms with E-state index in [-0.39, 0.29) is 0 Å². The van der Waals surface area contributed by atoms with Gasteiger partial charge in [0.05, 0.1) is 33.0 Å². The number of methoxy groups -OCH3 is 2. The van der Waals surface area contributed by atoms with Crippen molar-refractivity contribution >= 4 is 11.8 Å². The summed E-state index contributed by atoms with van der Waals surface area (Å²) in [5, 5.41) is 9.70. The lowest BCUT2D eigenvalue weighted by molar-refractivity contribution is 0.0218. The van der Waals surface area contributed by atoms with Crippen molar-refractivity contribution in [2.24, 2.45) is 0 Å². The lowest BCUT2D eigenvalue weighted by Gasteiger charge is -2.11. The Kier molecular flexibility index (Phi) is 7.84. The molecule has 1 unspecified atom stereocenters. The second-order valence-corrected chi connectivity index (χ2v) is 4.80. The van der Waals surface area contributed by atoms with Gasteiger partial charge in [0.25, 0.3) is 0 Å². The van der Waals surface area contributed by atoms with Gasteiger partial charge in [-0.2, -0.15) is 0 Å². The standard InChI is InChI=1S/C13H20O4S/c1-15-7-8-17-9-11(14)10-18-13-5-3-12(16-2)4-6-13/h3-6,11,14H,7-10H2,1-2H3. The zero-order valence-corrected chi connectivity index (χ0v) is 11.6. The molecule has 0 aliphatic heterocycles. The maximum atomic E-state index is 9.70. The summed E-state index contributed by atoms with van der Waals surface area (Å²) in [6.07, 6.45) is -0.464. The van der Waals surface area contributed by atoms with Gasteiger partial charge in [-0.05, 0) is 24.3 Å². The summed E-state index contributed by atoms with van der Waals surface area (Å²) < 4.78 is 15.2. The molecule has 1 N–H and O–H groups in total. The summed E-state index contributed by atoms with van der Waals surface area (Å²) in [6.45, 7) is 1.41. The molecule has 0 saturated heterocycles. The van der Waals surface area contributed by atoms with Crippen molar-refractivity contribution in [2.75, 3.05) is 39.8 Å². The summed E-state index contributed by atoms with van der Waals surface area (Å²) in [7, 11) is 3.27. The molecule has 5 heteroatoms. The molecule has 0 heterocycles. The molecule has 1 aromatic carbocycles. The summed E-state index contributed by atoms with van der Waals surface area (Å²) in [4.78, 5) is 1.10. The first kappa shape index (κ1) is 15.3. The molecule has 102 valence electrons. The van der Waals surface area contributed by atoms with E-state index in [1.165, 1.54) is 0 Å². The van der Waals surface area contributed by atoms with Gasteiger partial charge in [-0.1, -0.05) is 0 Å². The van der Waals surface area contributed by atoms with Crippen LogP contribution in [0.25, 0.3) is 0 Å². The Morgan fingerprint density at radius 3 is 2.50 bits per heavy atom. The van der Waals surface area contributed by atoms with Gasteiger partial charge in [0.1, 0.15) is 5.75 Å². The molecule has 1 rings (SSSR count). The number of aliphatic hydroxyl groups is 1. The molecule has 1 atom stereocenters. The van der Waals surface area contributed by atoms with Crippen LogP contribution >= 0.6 is 11.8 Å². The van der Waals surface area contributed by atoms with Crippen LogP contribution in [0.5, 0.6) is 5.75 Å². The van der Waals surface area contributed by atoms with E-state index >= 15 is 0 Å². The maximum Gasteiger partial charge on any atom is 0.118 e. The van der Waals surface area contributed by atoms with Crippen LogP contribution in [0.15, 0.2) is 29.2 Å². The molecule has 0 bridgehead atoms. The molecule has 0 saturated carbocycles. The van der Waals surface area contributed by atoms with Gasteiger partial charge in [0.2, 0.25) is 0 Å². The Hall–Kier alpha value is -0.750. The minimum absolute atomic E-state index is 0.340. The van der Waals surface area contributed by atoms with Gasteiger partial charge in [-0.25, -0.2) is 0 Å². The highest BCUT2D eigenvalue weighted by molar-refractivity contribution is 7.99. The molecule has 0 aromatic heterocycles. The highest BCUT2D eigenvalue weighted by Gasteiger charge is 2.05. The zero-order chi connectivity index (χ0) is 13.2. The van der Waals surface area contributed by atoms with Gasteiger partial charge in [-0.15, -0.1) is 11.8 Å². The number of hydrogen-bond donors (Lipinski definition) is 1.